The molecule has 8 rings (SSSR count). The molecule has 0 aliphatic heterocycles. The van der Waals surface area contributed by atoms with Crippen molar-refractivity contribution in [1.29, 1.82) is 0 Å². The van der Waals surface area contributed by atoms with Crippen molar-refractivity contribution < 1.29 is 4.42 Å². The number of anilines is 4. The monoisotopic (exact) mass is 558 g/mol. The predicted molar refractivity (Wildman–Crippen MR) is 176 cm³/mol. The third kappa shape index (κ3) is 4.33. The van der Waals surface area contributed by atoms with Crippen molar-refractivity contribution in [1.82, 2.24) is 9.13 Å². The van der Waals surface area contributed by atoms with Crippen molar-refractivity contribution in [2.24, 2.45) is 0 Å². The number of hydrogen-bond acceptors (Lipinski definition) is 4. The molecule has 6 aromatic carbocycles. The molecule has 2 aromatic heterocycles. The van der Waals surface area contributed by atoms with Crippen molar-refractivity contribution in [3.63, 3.8) is 0 Å². The Morgan fingerprint density at radius 1 is 0.465 bits per heavy atom. The number of fused-ring (bicyclic) bond motifs is 4. The maximum absolute atomic E-state index is 13.9. The van der Waals surface area contributed by atoms with E-state index in [0.29, 0.717) is 0 Å². The Morgan fingerprint density at radius 3 is 1.70 bits per heavy atom. The van der Waals surface area contributed by atoms with Crippen molar-refractivity contribution >= 4 is 55.7 Å². The second kappa shape index (κ2) is 10.1. The van der Waals surface area contributed by atoms with Crippen LogP contribution in [0.3, 0.4) is 0 Å². The molecule has 0 spiro atoms. The molecule has 0 radical (unpaired) electrons. The van der Waals surface area contributed by atoms with Crippen molar-refractivity contribution in [2.75, 3.05) is 10.6 Å². The number of nitrogens with zero attached hydrogens (tertiary/aromatic N) is 2. The summed E-state index contributed by atoms with van der Waals surface area (Å²) in [6.45, 7) is 0. The zero-order valence-electron chi connectivity index (χ0n) is 23.1. The SMILES string of the molecule is O=c1n(-c2ccccc2)c2ccccc2n1-c1ccc2oc3ccc(Nc4ccccc4Nc4ccccc4)cc3c2c1. The Kier molecular flexibility index (Phi) is 5.83. The fourth-order valence-corrected chi connectivity index (χ4v) is 5.74. The van der Waals surface area contributed by atoms with Gasteiger partial charge < -0.3 is 15.1 Å². The molecule has 0 aliphatic rings. The van der Waals surface area contributed by atoms with Crippen LogP contribution in [0.4, 0.5) is 22.7 Å². The first-order valence-corrected chi connectivity index (χ1v) is 14.2. The second-order valence-corrected chi connectivity index (χ2v) is 10.4. The third-order valence-electron chi connectivity index (χ3n) is 7.73. The lowest BCUT2D eigenvalue weighted by atomic mass is 10.1. The van der Waals surface area contributed by atoms with Gasteiger partial charge in [-0.05, 0) is 84.9 Å². The molecule has 43 heavy (non-hydrogen) atoms. The van der Waals surface area contributed by atoms with Crippen LogP contribution in [0.15, 0.2) is 155 Å². The van der Waals surface area contributed by atoms with E-state index in [2.05, 4.69) is 28.8 Å². The Bertz CT molecular complexity index is 2320. The Morgan fingerprint density at radius 2 is 1.00 bits per heavy atom. The molecule has 2 N–H and O–H groups in total. The van der Waals surface area contributed by atoms with Gasteiger partial charge in [0.25, 0.3) is 0 Å². The summed E-state index contributed by atoms with van der Waals surface area (Å²) in [5.74, 6) is 0. The summed E-state index contributed by atoms with van der Waals surface area (Å²) >= 11 is 0. The quantitative estimate of drug-likeness (QED) is 0.214. The van der Waals surface area contributed by atoms with Crippen LogP contribution in [0.25, 0.3) is 44.3 Å². The number of furan rings is 1. The van der Waals surface area contributed by atoms with Crippen LogP contribution < -0.4 is 16.3 Å². The minimum atomic E-state index is -0.121. The van der Waals surface area contributed by atoms with Gasteiger partial charge in [-0.15, -0.1) is 0 Å². The van der Waals surface area contributed by atoms with E-state index in [9.17, 15) is 4.79 Å². The largest absolute Gasteiger partial charge is 0.456 e. The maximum atomic E-state index is 13.9. The fraction of sp³-hybridized carbons (Fsp3) is 0. The van der Waals surface area contributed by atoms with Gasteiger partial charge in [-0.2, -0.15) is 0 Å². The van der Waals surface area contributed by atoms with E-state index in [1.165, 1.54) is 0 Å². The topological polar surface area (TPSA) is 64.1 Å². The van der Waals surface area contributed by atoms with Crippen molar-refractivity contribution in [2.45, 2.75) is 0 Å². The highest BCUT2D eigenvalue weighted by Gasteiger charge is 2.17. The second-order valence-electron chi connectivity index (χ2n) is 10.4. The van der Waals surface area contributed by atoms with Gasteiger partial charge in [-0.25, -0.2) is 4.79 Å². The third-order valence-corrected chi connectivity index (χ3v) is 7.73. The molecule has 0 unspecified atom stereocenters. The van der Waals surface area contributed by atoms with Gasteiger partial charge in [-0.1, -0.05) is 60.7 Å². The molecule has 0 saturated heterocycles. The Hall–Kier alpha value is -6.01. The Labute approximate surface area is 247 Å². The fourth-order valence-electron chi connectivity index (χ4n) is 5.74. The van der Waals surface area contributed by atoms with E-state index >= 15 is 0 Å². The van der Waals surface area contributed by atoms with Crippen molar-refractivity contribution in [3.05, 3.63) is 156 Å². The number of imidazole rings is 1. The van der Waals surface area contributed by atoms with Crippen LogP contribution in [-0.4, -0.2) is 9.13 Å². The maximum Gasteiger partial charge on any atom is 0.338 e. The molecule has 206 valence electrons. The van der Waals surface area contributed by atoms with Gasteiger partial charge in [0.05, 0.1) is 33.8 Å². The summed E-state index contributed by atoms with van der Waals surface area (Å²) in [5, 5.41) is 8.98. The van der Waals surface area contributed by atoms with Gasteiger partial charge in [0.2, 0.25) is 0 Å². The molecule has 8 aromatic rings. The predicted octanol–water partition coefficient (Wildman–Crippen LogP) is 9.17. The van der Waals surface area contributed by atoms with E-state index in [0.717, 1.165) is 67.1 Å². The van der Waals surface area contributed by atoms with Crippen LogP contribution >= 0.6 is 0 Å². The van der Waals surface area contributed by atoms with E-state index < -0.39 is 0 Å². The molecule has 0 bridgehead atoms. The highest BCUT2D eigenvalue weighted by Crippen LogP contribution is 2.35. The number of aromatic nitrogens is 2. The van der Waals surface area contributed by atoms with Gasteiger partial charge >= 0.3 is 5.69 Å². The smallest absolute Gasteiger partial charge is 0.338 e. The first-order chi connectivity index (χ1) is 21.2. The summed E-state index contributed by atoms with van der Waals surface area (Å²) in [6, 6.07) is 47.9. The number of hydrogen-bond donors (Lipinski definition) is 2. The van der Waals surface area contributed by atoms with Crippen LogP contribution in [0.1, 0.15) is 0 Å². The van der Waals surface area contributed by atoms with E-state index in [1.54, 1.807) is 9.13 Å². The van der Waals surface area contributed by atoms with Gasteiger partial charge in [0, 0.05) is 22.1 Å². The van der Waals surface area contributed by atoms with Gasteiger partial charge in [0.1, 0.15) is 11.2 Å². The van der Waals surface area contributed by atoms with Crippen LogP contribution in [0, 0.1) is 0 Å². The van der Waals surface area contributed by atoms with E-state index in [-0.39, 0.29) is 5.69 Å². The van der Waals surface area contributed by atoms with Crippen molar-refractivity contribution in [3.8, 4) is 11.4 Å². The summed E-state index contributed by atoms with van der Waals surface area (Å²) in [6.07, 6.45) is 0. The zero-order chi connectivity index (χ0) is 28.8. The van der Waals surface area contributed by atoms with Gasteiger partial charge in [-0.3, -0.25) is 9.13 Å². The minimum Gasteiger partial charge on any atom is -0.456 e. The first kappa shape index (κ1) is 24.8. The summed E-state index contributed by atoms with van der Waals surface area (Å²) in [7, 11) is 0. The summed E-state index contributed by atoms with van der Waals surface area (Å²) in [4.78, 5) is 13.9. The lowest BCUT2D eigenvalue weighted by molar-refractivity contribution is 0.669. The Balaban J connectivity index is 1.22. The highest BCUT2D eigenvalue weighted by atomic mass is 16.3. The lowest BCUT2D eigenvalue weighted by Gasteiger charge is -2.14. The molecule has 0 atom stereocenters. The average molecular weight is 559 g/mol. The minimum absolute atomic E-state index is 0.121. The number of rotatable bonds is 6. The zero-order valence-corrected chi connectivity index (χ0v) is 23.1. The molecule has 2 heterocycles. The van der Waals surface area contributed by atoms with Crippen LogP contribution in [0.2, 0.25) is 0 Å². The average Bonchev–Trinajstić information content (AvgIpc) is 3.56. The molecule has 6 heteroatoms. The van der Waals surface area contributed by atoms with Gasteiger partial charge in [0.15, 0.2) is 0 Å². The standard InChI is InChI=1S/C37H26N4O2/c42-37-40(27-13-5-2-6-14-27)33-17-9-10-18-34(33)41(37)28-20-22-36-30(24-28)29-23-26(19-21-35(29)43-36)39-32-16-8-7-15-31(32)38-25-11-3-1-4-12-25/h1-24,38-39H. The molecular weight excluding hydrogens is 532 g/mol. The number of benzene rings is 6. The lowest BCUT2D eigenvalue weighted by Crippen LogP contribution is -2.21. The molecule has 0 fully saturated rings. The molecule has 0 aliphatic carbocycles. The molecule has 0 amide bonds. The summed E-state index contributed by atoms with van der Waals surface area (Å²) < 4.78 is 9.74. The van der Waals surface area contributed by atoms with E-state index in [1.807, 2.05) is 127 Å². The molecule has 0 saturated carbocycles. The molecule has 6 nitrogen and oxygen atoms in total. The normalized spacial score (nSPS) is 11.3. The summed E-state index contributed by atoms with van der Waals surface area (Å²) in [5.41, 5.74) is 8.61. The van der Waals surface area contributed by atoms with Crippen LogP contribution in [0.5, 0.6) is 0 Å². The number of nitrogens with one attached hydrogen (secondary N) is 2. The first-order valence-electron chi connectivity index (χ1n) is 14.2. The highest BCUT2D eigenvalue weighted by molar-refractivity contribution is 6.07. The number of para-hydroxylation sites is 6. The van der Waals surface area contributed by atoms with E-state index in [4.69, 9.17) is 4.42 Å². The molecular formula is C37H26N4O2. The van der Waals surface area contributed by atoms with Crippen LogP contribution in [-0.2, 0) is 0 Å².